The number of ether oxygens (including phenoxy) is 2. The van der Waals surface area contributed by atoms with Gasteiger partial charge in [0.15, 0.2) is 5.82 Å². The molecule has 1 aromatic heterocycles. The highest BCUT2D eigenvalue weighted by Crippen LogP contribution is 2.31. The van der Waals surface area contributed by atoms with Crippen molar-refractivity contribution in [3.63, 3.8) is 0 Å². The first-order valence-electron chi connectivity index (χ1n) is 9.85. The minimum absolute atomic E-state index is 0.0671. The van der Waals surface area contributed by atoms with E-state index >= 15 is 0 Å². The lowest BCUT2D eigenvalue weighted by atomic mass is 10.2. The van der Waals surface area contributed by atoms with Crippen molar-refractivity contribution < 1.29 is 18.7 Å². The van der Waals surface area contributed by atoms with Crippen LogP contribution < -0.4 is 14.8 Å². The number of amides is 1. The van der Waals surface area contributed by atoms with Crippen LogP contribution in [0.15, 0.2) is 70.2 Å². The Morgan fingerprint density at radius 3 is 2.55 bits per heavy atom. The molecule has 9 heteroatoms. The van der Waals surface area contributed by atoms with Gasteiger partial charge in [0, 0.05) is 21.5 Å². The van der Waals surface area contributed by atoms with E-state index in [1.165, 1.54) is 31.0 Å². The van der Waals surface area contributed by atoms with Crippen molar-refractivity contribution in [2.45, 2.75) is 5.03 Å². The van der Waals surface area contributed by atoms with Crippen LogP contribution in [0.4, 0.5) is 10.1 Å². The molecule has 168 valence electrons. The molecule has 33 heavy (non-hydrogen) atoms. The Bertz CT molecular complexity index is 1320. The Morgan fingerprint density at radius 2 is 1.82 bits per heavy atom. The van der Waals surface area contributed by atoms with Crippen LogP contribution >= 0.6 is 27.7 Å². The van der Waals surface area contributed by atoms with Crippen LogP contribution in [0.1, 0.15) is 0 Å². The number of nitrogens with one attached hydrogen (secondary N) is 1. The topological polar surface area (TPSA) is 73.3 Å². The predicted molar refractivity (Wildman–Crippen MR) is 132 cm³/mol. The first-order chi connectivity index (χ1) is 16.0. The Morgan fingerprint density at radius 1 is 1.03 bits per heavy atom. The molecular formula is C24H19BrFN3O3S. The zero-order chi connectivity index (χ0) is 23.4. The smallest absolute Gasteiger partial charge is 0.234 e. The molecule has 4 aromatic rings. The van der Waals surface area contributed by atoms with Gasteiger partial charge in [-0.1, -0.05) is 39.8 Å². The fourth-order valence-corrected chi connectivity index (χ4v) is 4.21. The molecule has 0 bridgehead atoms. The van der Waals surface area contributed by atoms with Gasteiger partial charge in [0.1, 0.15) is 22.3 Å². The molecule has 0 atom stereocenters. The van der Waals surface area contributed by atoms with Gasteiger partial charge < -0.3 is 14.8 Å². The summed E-state index contributed by atoms with van der Waals surface area (Å²) in [6.07, 6.45) is 0. The van der Waals surface area contributed by atoms with Crippen molar-refractivity contribution in [2.24, 2.45) is 0 Å². The van der Waals surface area contributed by atoms with Gasteiger partial charge in [0.25, 0.3) is 0 Å². The lowest BCUT2D eigenvalue weighted by molar-refractivity contribution is -0.113. The number of anilines is 1. The molecule has 0 aliphatic heterocycles. The summed E-state index contributed by atoms with van der Waals surface area (Å²) in [4.78, 5) is 21.9. The summed E-state index contributed by atoms with van der Waals surface area (Å²) in [7, 11) is 3.07. The third kappa shape index (κ3) is 5.43. The zero-order valence-corrected chi connectivity index (χ0v) is 20.2. The summed E-state index contributed by atoms with van der Waals surface area (Å²) in [6, 6.07) is 17.1. The number of carbonyl (C=O) groups is 1. The van der Waals surface area contributed by atoms with Gasteiger partial charge in [0.2, 0.25) is 5.91 Å². The van der Waals surface area contributed by atoms with Crippen molar-refractivity contribution in [2.75, 3.05) is 25.3 Å². The molecule has 4 rings (SSSR count). The molecule has 0 radical (unpaired) electrons. The highest BCUT2D eigenvalue weighted by atomic mass is 79.9. The number of carbonyl (C=O) groups excluding carboxylic acids is 1. The van der Waals surface area contributed by atoms with Crippen molar-refractivity contribution in [3.05, 3.63) is 71.0 Å². The molecule has 0 aliphatic carbocycles. The second-order valence-electron chi connectivity index (χ2n) is 6.92. The minimum Gasteiger partial charge on any atom is -0.497 e. The molecule has 0 fully saturated rings. The van der Waals surface area contributed by atoms with Gasteiger partial charge in [-0.3, -0.25) is 4.79 Å². The van der Waals surface area contributed by atoms with E-state index in [0.29, 0.717) is 38.9 Å². The fourth-order valence-electron chi connectivity index (χ4n) is 3.13. The van der Waals surface area contributed by atoms with E-state index in [1.54, 1.807) is 31.4 Å². The van der Waals surface area contributed by atoms with Crippen LogP contribution in [0, 0.1) is 5.82 Å². The third-order valence-electron chi connectivity index (χ3n) is 4.75. The predicted octanol–water partition coefficient (Wildman–Crippen LogP) is 5.95. The molecule has 0 saturated carbocycles. The molecule has 6 nitrogen and oxygen atoms in total. The van der Waals surface area contributed by atoms with Gasteiger partial charge in [0.05, 0.1) is 31.2 Å². The van der Waals surface area contributed by atoms with Gasteiger partial charge in [-0.15, -0.1) is 0 Å². The van der Waals surface area contributed by atoms with Crippen molar-refractivity contribution >= 4 is 50.2 Å². The normalized spacial score (nSPS) is 10.8. The lowest BCUT2D eigenvalue weighted by Gasteiger charge is -2.12. The van der Waals surface area contributed by atoms with E-state index in [2.05, 4.69) is 31.2 Å². The van der Waals surface area contributed by atoms with E-state index in [1.807, 2.05) is 24.3 Å². The van der Waals surface area contributed by atoms with E-state index < -0.39 is 5.82 Å². The average molecular weight is 528 g/mol. The molecule has 1 N–H and O–H groups in total. The van der Waals surface area contributed by atoms with Crippen molar-refractivity contribution in [1.82, 2.24) is 9.97 Å². The summed E-state index contributed by atoms with van der Waals surface area (Å²) in [5.74, 6) is 1.03. The number of hydrogen-bond donors (Lipinski definition) is 1. The highest BCUT2D eigenvalue weighted by Gasteiger charge is 2.14. The van der Waals surface area contributed by atoms with Crippen LogP contribution in [0.3, 0.4) is 0 Å². The maximum Gasteiger partial charge on any atom is 0.234 e. The van der Waals surface area contributed by atoms with Gasteiger partial charge in [-0.05, 0) is 42.5 Å². The monoisotopic (exact) mass is 527 g/mol. The summed E-state index contributed by atoms with van der Waals surface area (Å²) in [5.41, 5.74) is 1.95. The Kier molecular flexibility index (Phi) is 7.10. The van der Waals surface area contributed by atoms with Crippen LogP contribution in [0.25, 0.3) is 22.3 Å². The molecule has 0 unspecified atom stereocenters. The summed E-state index contributed by atoms with van der Waals surface area (Å²) >= 11 is 4.63. The standard InChI is InChI=1S/C24H19BrFN3O3S/c1-31-17-8-10-20(21(12-17)32-2)27-22(30)13-33-24-18-11-16(26)7-9-19(18)28-23(29-24)14-3-5-15(25)6-4-14/h3-12H,13H2,1-2H3,(H,27,30). The number of halogens is 2. The number of nitrogens with zero attached hydrogens (tertiary/aromatic N) is 2. The maximum absolute atomic E-state index is 13.9. The van der Waals surface area contributed by atoms with Crippen molar-refractivity contribution in [1.29, 1.82) is 0 Å². The number of fused-ring (bicyclic) bond motifs is 1. The molecule has 0 spiro atoms. The largest absolute Gasteiger partial charge is 0.497 e. The number of benzene rings is 3. The van der Waals surface area contributed by atoms with E-state index in [0.717, 1.165) is 10.0 Å². The first-order valence-corrected chi connectivity index (χ1v) is 11.6. The van der Waals surface area contributed by atoms with Crippen LogP contribution in [0.2, 0.25) is 0 Å². The van der Waals surface area contributed by atoms with Gasteiger partial charge in [-0.2, -0.15) is 0 Å². The highest BCUT2D eigenvalue weighted by molar-refractivity contribution is 9.10. The van der Waals surface area contributed by atoms with Crippen LogP contribution in [-0.4, -0.2) is 35.8 Å². The number of thioether (sulfide) groups is 1. The Hall–Kier alpha value is -3.17. The number of rotatable bonds is 7. The quantitative estimate of drug-likeness (QED) is 0.236. The van der Waals surface area contributed by atoms with Crippen LogP contribution in [0.5, 0.6) is 11.5 Å². The van der Waals surface area contributed by atoms with E-state index in [9.17, 15) is 9.18 Å². The summed E-state index contributed by atoms with van der Waals surface area (Å²) in [5, 5.41) is 3.91. The molecule has 1 heterocycles. The fraction of sp³-hybridized carbons (Fsp3) is 0.125. The van der Waals surface area contributed by atoms with Crippen LogP contribution in [-0.2, 0) is 4.79 Å². The third-order valence-corrected chi connectivity index (χ3v) is 6.27. The average Bonchev–Trinajstić information content (AvgIpc) is 2.83. The second-order valence-corrected chi connectivity index (χ2v) is 8.80. The SMILES string of the molecule is COc1ccc(NC(=O)CSc2nc(-c3ccc(Br)cc3)nc3ccc(F)cc23)c(OC)c1. The molecule has 3 aromatic carbocycles. The van der Waals surface area contributed by atoms with Crippen molar-refractivity contribution in [3.8, 4) is 22.9 Å². The Balaban J connectivity index is 1.59. The molecule has 0 aliphatic rings. The number of aromatic nitrogens is 2. The number of methoxy groups -OCH3 is 2. The zero-order valence-electron chi connectivity index (χ0n) is 17.8. The Labute approximate surface area is 202 Å². The lowest BCUT2D eigenvalue weighted by Crippen LogP contribution is -2.15. The molecular weight excluding hydrogens is 509 g/mol. The minimum atomic E-state index is -0.392. The summed E-state index contributed by atoms with van der Waals surface area (Å²) in [6.45, 7) is 0. The maximum atomic E-state index is 13.9. The summed E-state index contributed by atoms with van der Waals surface area (Å²) < 4.78 is 25.4. The second kappa shape index (κ2) is 10.2. The van der Waals surface area contributed by atoms with E-state index in [4.69, 9.17) is 9.47 Å². The van der Waals surface area contributed by atoms with Gasteiger partial charge >= 0.3 is 0 Å². The first kappa shape index (κ1) is 23.0. The van der Waals surface area contributed by atoms with E-state index in [-0.39, 0.29) is 11.7 Å². The van der Waals surface area contributed by atoms with Gasteiger partial charge in [-0.25, -0.2) is 14.4 Å². The molecule has 0 saturated heterocycles. The molecule has 1 amide bonds. The number of hydrogen-bond acceptors (Lipinski definition) is 6.